The number of nitrogens with zero attached hydrogens (tertiary/aromatic N) is 1. The van der Waals surface area contributed by atoms with Crippen molar-refractivity contribution in [3.05, 3.63) is 63.2 Å². The van der Waals surface area contributed by atoms with Crippen molar-refractivity contribution in [2.24, 2.45) is 5.92 Å². The molecule has 10 radical (unpaired) electrons. The van der Waals surface area contributed by atoms with Crippen LogP contribution < -0.4 is 0 Å². The van der Waals surface area contributed by atoms with Crippen LogP contribution in [0.2, 0.25) is 0 Å². The Bertz CT molecular complexity index is 226. The molecule has 0 aliphatic heterocycles. The Balaban J connectivity index is 0.000000562. The van der Waals surface area contributed by atoms with E-state index in [0.29, 0.717) is 6.04 Å². The van der Waals surface area contributed by atoms with E-state index in [-0.39, 0.29) is 29.1 Å². The fraction of sp³-hybridized carbons (Fsp3) is 0.444. The molecule has 2 saturated carbocycles. The molecule has 0 bridgehead atoms. The van der Waals surface area contributed by atoms with Gasteiger partial charge < -0.3 is 10.0 Å². The van der Waals surface area contributed by atoms with Crippen LogP contribution in [0.1, 0.15) is 20.8 Å². The second kappa shape index (κ2) is 11.0. The average Bonchev–Trinajstić information content (AvgIpc) is 3.10. The van der Waals surface area contributed by atoms with Crippen molar-refractivity contribution in [1.82, 2.24) is 4.90 Å². The molecule has 2 atom stereocenters. The van der Waals surface area contributed by atoms with Gasteiger partial charge in [-0.3, -0.25) is 0 Å². The SMILES string of the molecule is CC(C)[C@@H](O)[C]1[CH][CH][CH][C]1[C@H](C)N(C)C.[CH]1[CH][CH][CH][CH]1.[Fe+2]. The Morgan fingerprint density at radius 3 is 1.62 bits per heavy atom. The minimum absolute atomic E-state index is 0. The molecule has 2 nitrogen and oxygen atoms in total. The van der Waals surface area contributed by atoms with Crippen LogP contribution in [0.5, 0.6) is 0 Å². The van der Waals surface area contributed by atoms with E-state index in [1.54, 1.807) is 0 Å². The number of rotatable bonds is 4. The first-order valence-corrected chi connectivity index (χ1v) is 7.21. The summed E-state index contributed by atoms with van der Waals surface area (Å²) < 4.78 is 0. The minimum atomic E-state index is -0.350. The Morgan fingerprint density at radius 2 is 1.24 bits per heavy atom. The quantitative estimate of drug-likeness (QED) is 0.802. The molecule has 2 aliphatic rings. The van der Waals surface area contributed by atoms with Gasteiger partial charge in [0, 0.05) is 17.9 Å². The van der Waals surface area contributed by atoms with E-state index in [0.717, 1.165) is 5.92 Å². The Kier molecular flexibility index (Phi) is 11.3. The van der Waals surface area contributed by atoms with Crippen molar-refractivity contribution in [2.45, 2.75) is 32.9 Å². The molecule has 0 amide bonds. The second-order valence-corrected chi connectivity index (χ2v) is 5.73. The van der Waals surface area contributed by atoms with E-state index in [1.807, 2.05) is 58.8 Å². The van der Waals surface area contributed by atoms with Gasteiger partial charge in [-0.2, -0.15) is 0 Å². The summed E-state index contributed by atoms with van der Waals surface area (Å²) in [4.78, 5) is 2.16. The molecule has 1 N–H and O–H groups in total. The maximum absolute atomic E-state index is 10.1. The van der Waals surface area contributed by atoms with E-state index >= 15 is 0 Å². The van der Waals surface area contributed by atoms with Gasteiger partial charge in [0.25, 0.3) is 0 Å². The fourth-order valence-electron chi connectivity index (χ4n) is 2.06. The monoisotopic (exact) mass is 329 g/mol. The van der Waals surface area contributed by atoms with Gasteiger partial charge in [-0.1, -0.05) is 13.8 Å². The third kappa shape index (κ3) is 7.03. The van der Waals surface area contributed by atoms with Crippen molar-refractivity contribution in [2.75, 3.05) is 14.1 Å². The fourth-order valence-corrected chi connectivity index (χ4v) is 2.06. The van der Waals surface area contributed by atoms with Gasteiger partial charge in [0.1, 0.15) is 0 Å². The first-order valence-electron chi connectivity index (χ1n) is 7.21. The van der Waals surface area contributed by atoms with Gasteiger partial charge in [0.15, 0.2) is 0 Å². The summed E-state index contributed by atoms with van der Waals surface area (Å²) in [5.41, 5.74) is 0. The molecule has 0 unspecified atom stereocenters. The van der Waals surface area contributed by atoms with Gasteiger partial charge in [-0.15, -0.1) is 0 Å². The molecular weight excluding hydrogens is 302 g/mol. The summed E-state index contributed by atoms with van der Waals surface area (Å²) >= 11 is 0. The minimum Gasteiger partial charge on any atom is -0.392 e. The zero-order valence-corrected chi connectivity index (χ0v) is 14.7. The molecule has 0 aromatic heterocycles. The number of hydrogen-bond acceptors (Lipinski definition) is 2. The molecule has 2 rings (SSSR count). The molecule has 0 aromatic rings. The first kappa shape index (κ1) is 21.4. The third-order valence-corrected chi connectivity index (χ3v) is 3.62. The molecule has 0 saturated heterocycles. The zero-order chi connectivity index (χ0) is 15.1. The predicted octanol–water partition coefficient (Wildman–Crippen LogP) is 2.75. The van der Waals surface area contributed by atoms with Crippen LogP contribution in [0.4, 0.5) is 0 Å². The van der Waals surface area contributed by atoms with Crippen LogP contribution in [0.15, 0.2) is 0 Å². The van der Waals surface area contributed by atoms with Crippen LogP contribution in [0, 0.1) is 69.1 Å². The molecular formula is C18H27FeNO+2. The predicted molar refractivity (Wildman–Crippen MR) is 84.9 cm³/mol. The van der Waals surface area contributed by atoms with Gasteiger partial charge in [-0.05, 0) is 78.3 Å². The second-order valence-electron chi connectivity index (χ2n) is 5.73. The maximum Gasteiger partial charge on any atom is 2.00 e. The number of aliphatic hydroxyl groups excluding tert-OH is 1. The van der Waals surface area contributed by atoms with Crippen LogP contribution in [0.25, 0.3) is 0 Å². The van der Waals surface area contributed by atoms with Gasteiger partial charge in [0.2, 0.25) is 0 Å². The van der Waals surface area contributed by atoms with Crippen molar-refractivity contribution in [3.8, 4) is 0 Å². The van der Waals surface area contributed by atoms with E-state index in [9.17, 15) is 5.11 Å². The normalized spacial score (nSPS) is 22.9. The Morgan fingerprint density at radius 1 is 0.810 bits per heavy atom. The summed E-state index contributed by atoms with van der Waals surface area (Å²) in [5.74, 6) is 2.58. The van der Waals surface area contributed by atoms with Gasteiger partial charge >= 0.3 is 17.1 Å². The summed E-state index contributed by atoms with van der Waals surface area (Å²) in [7, 11) is 4.12. The Labute approximate surface area is 143 Å². The van der Waals surface area contributed by atoms with Crippen molar-refractivity contribution < 1.29 is 22.2 Å². The van der Waals surface area contributed by atoms with Crippen LogP contribution in [-0.2, 0) is 17.1 Å². The van der Waals surface area contributed by atoms with E-state index < -0.39 is 0 Å². The average molecular weight is 329 g/mol. The molecule has 2 fully saturated rings. The molecule has 0 heterocycles. The molecule has 2 aliphatic carbocycles. The van der Waals surface area contributed by atoms with Crippen LogP contribution in [-0.4, -0.2) is 36.2 Å². The summed E-state index contributed by atoms with van der Waals surface area (Å²) in [5, 5.41) is 10.1. The number of hydrogen-bond donors (Lipinski definition) is 1. The van der Waals surface area contributed by atoms with Gasteiger partial charge in [-0.25, -0.2) is 0 Å². The van der Waals surface area contributed by atoms with E-state index in [2.05, 4.69) is 32.3 Å². The summed E-state index contributed by atoms with van der Waals surface area (Å²) in [6, 6.07) is 0.350. The van der Waals surface area contributed by atoms with E-state index in [1.165, 1.54) is 5.92 Å². The van der Waals surface area contributed by atoms with Crippen molar-refractivity contribution >= 4 is 0 Å². The van der Waals surface area contributed by atoms with Crippen molar-refractivity contribution in [3.63, 3.8) is 0 Å². The largest absolute Gasteiger partial charge is 2.00 e. The first-order chi connectivity index (χ1) is 9.45. The molecule has 0 aromatic carbocycles. The third-order valence-electron chi connectivity index (χ3n) is 3.62. The van der Waals surface area contributed by atoms with Gasteiger partial charge in [0.05, 0.1) is 6.10 Å². The maximum atomic E-state index is 10.1. The molecule has 116 valence electrons. The summed E-state index contributed by atoms with van der Waals surface area (Å²) in [6.45, 7) is 6.25. The zero-order valence-electron chi connectivity index (χ0n) is 13.6. The molecule has 0 spiro atoms. The Hall–Kier alpha value is 0.439. The smallest absolute Gasteiger partial charge is 0.392 e. The summed E-state index contributed by atoms with van der Waals surface area (Å²) in [6.07, 6.45) is 15.8. The van der Waals surface area contributed by atoms with E-state index in [4.69, 9.17) is 0 Å². The van der Waals surface area contributed by atoms with Crippen LogP contribution >= 0.6 is 0 Å². The van der Waals surface area contributed by atoms with Crippen molar-refractivity contribution in [1.29, 1.82) is 0 Å². The molecule has 3 heteroatoms. The standard InChI is InChI=1S/C13H22NO.C5H5.Fe/c1-9(2)13(15)12-8-6-7-11(12)10(3)14(4)5;1-2-4-5-3-1;/h6-10,13,15H,1-5H3;1-5H;/q;;+2/t10-,13+;;/m0../s1. The molecule has 21 heavy (non-hydrogen) atoms. The van der Waals surface area contributed by atoms with Crippen LogP contribution in [0.3, 0.4) is 0 Å². The topological polar surface area (TPSA) is 23.5 Å². The number of aliphatic hydroxyl groups is 1.